The van der Waals surface area contributed by atoms with E-state index < -0.39 is 0 Å². The summed E-state index contributed by atoms with van der Waals surface area (Å²) in [5.74, 6) is 0. The summed E-state index contributed by atoms with van der Waals surface area (Å²) in [6, 6.07) is 11.8. The van der Waals surface area contributed by atoms with E-state index in [2.05, 4.69) is 11.4 Å². The number of hydrogen-bond donors (Lipinski definition) is 1. The Morgan fingerprint density at radius 3 is 2.57 bits per heavy atom. The minimum absolute atomic E-state index is 0.384. The summed E-state index contributed by atoms with van der Waals surface area (Å²) in [5.41, 5.74) is 2.19. The predicted octanol–water partition coefficient (Wildman–Crippen LogP) is 3.02. The lowest BCUT2D eigenvalue weighted by Crippen LogP contribution is -2.00. The van der Waals surface area contributed by atoms with Crippen molar-refractivity contribution in [2.75, 3.05) is 0 Å². The van der Waals surface area contributed by atoms with Crippen LogP contribution in [0.15, 0.2) is 47.2 Å². The number of aliphatic hydroxyl groups excluding tert-OH is 1. The van der Waals surface area contributed by atoms with E-state index >= 15 is 0 Å². The van der Waals surface area contributed by atoms with Gasteiger partial charge in [-0.25, -0.2) is 0 Å². The molecule has 1 unspecified atom stereocenters. The van der Waals surface area contributed by atoms with Gasteiger partial charge in [-0.3, -0.25) is 0 Å². The highest BCUT2D eigenvalue weighted by atomic mass is 32.1. The van der Waals surface area contributed by atoms with Gasteiger partial charge in [-0.2, -0.15) is 11.3 Å². The Kier molecular flexibility index (Phi) is 2.96. The van der Waals surface area contributed by atoms with Crippen molar-refractivity contribution in [3.05, 3.63) is 58.3 Å². The first-order valence-corrected chi connectivity index (χ1v) is 5.54. The molecule has 1 nitrogen and oxygen atoms in total. The Morgan fingerprint density at radius 2 is 1.93 bits per heavy atom. The zero-order chi connectivity index (χ0) is 9.80. The molecule has 0 aliphatic heterocycles. The number of aliphatic hydroxyl groups is 1. The number of thiophene rings is 1. The van der Waals surface area contributed by atoms with Gasteiger partial charge in [0.25, 0.3) is 0 Å². The van der Waals surface area contributed by atoms with E-state index in [0.29, 0.717) is 6.42 Å². The summed E-state index contributed by atoms with van der Waals surface area (Å²) >= 11 is 1.67. The predicted molar refractivity (Wildman–Crippen MR) is 59.4 cm³/mol. The van der Waals surface area contributed by atoms with Gasteiger partial charge in [0, 0.05) is 6.42 Å². The van der Waals surface area contributed by atoms with Crippen molar-refractivity contribution >= 4 is 11.3 Å². The van der Waals surface area contributed by atoms with Crippen LogP contribution in [-0.4, -0.2) is 5.11 Å². The van der Waals surface area contributed by atoms with Gasteiger partial charge in [0.05, 0.1) is 6.10 Å². The van der Waals surface area contributed by atoms with E-state index in [4.69, 9.17) is 0 Å². The highest BCUT2D eigenvalue weighted by Gasteiger charge is 2.07. The van der Waals surface area contributed by atoms with Gasteiger partial charge < -0.3 is 5.11 Å². The molecular weight excluding hydrogens is 192 g/mol. The molecule has 0 bridgehead atoms. The van der Waals surface area contributed by atoms with Gasteiger partial charge in [-0.05, 0) is 28.0 Å². The molecule has 2 rings (SSSR count). The second-order valence-corrected chi connectivity index (χ2v) is 4.04. The highest BCUT2D eigenvalue weighted by Crippen LogP contribution is 2.19. The van der Waals surface area contributed by atoms with Gasteiger partial charge in [-0.1, -0.05) is 30.3 Å². The molecule has 1 heterocycles. The lowest BCUT2D eigenvalue weighted by atomic mass is 10.0. The van der Waals surface area contributed by atoms with Crippen molar-refractivity contribution in [1.82, 2.24) is 0 Å². The van der Waals surface area contributed by atoms with Crippen LogP contribution < -0.4 is 0 Å². The average molecular weight is 204 g/mol. The quantitative estimate of drug-likeness (QED) is 0.814. The summed E-state index contributed by atoms with van der Waals surface area (Å²) in [5, 5.41) is 14.0. The monoisotopic (exact) mass is 204 g/mol. The Balaban J connectivity index is 2.07. The SMILES string of the molecule is OC(Cc1ccsc1)c1ccccc1. The fourth-order valence-corrected chi connectivity index (χ4v) is 2.11. The van der Waals surface area contributed by atoms with Crippen molar-refractivity contribution in [3.8, 4) is 0 Å². The molecule has 2 aromatic rings. The molecule has 2 heteroatoms. The van der Waals surface area contributed by atoms with Gasteiger partial charge in [0.15, 0.2) is 0 Å². The Bertz CT molecular complexity index is 366. The third-order valence-electron chi connectivity index (χ3n) is 2.19. The molecule has 1 aromatic heterocycles. The van der Waals surface area contributed by atoms with E-state index in [0.717, 1.165) is 5.56 Å². The van der Waals surface area contributed by atoms with Crippen molar-refractivity contribution in [1.29, 1.82) is 0 Å². The largest absolute Gasteiger partial charge is 0.388 e. The van der Waals surface area contributed by atoms with Crippen molar-refractivity contribution in [3.63, 3.8) is 0 Å². The van der Waals surface area contributed by atoms with Crippen LogP contribution in [0.25, 0.3) is 0 Å². The molecule has 0 aliphatic rings. The van der Waals surface area contributed by atoms with Gasteiger partial charge in [0.2, 0.25) is 0 Å². The lowest BCUT2D eigenvalue weighted by molar-refractivity contribution is 0.178. The first kappa shape index (κ1) is 9.44. The topological polar surface area (TPSA) is 20.2 Å². The molecule has 0 radical (unpaired) electrons. The number of benzene rings is 1. The molecule has 1 atom stereocenters. The van der Waals surface area contributed by atoms with E-state index in [1.807, 2.05) is 35.7 Å². The van der Waals surface area contributed by atoms with Crippen LogP contribution in [0.4, 0.5) is 0 Å². The Morgan fingerprint density at radius 1 is 1.14 bits per heavy atom. The van der Waals surface area contributed by atoms with Gasteiger partial charge in [-0.15, -0.1) is 0 Å². The number of hydrogen-bond acceptors (Lipinski definition) is 2. The van der Waals surface area contributed by atoms with Crippen LogP contribution in [0.5, 0.6) is 0 Å². The van der Waals surface area contributed by atoms with Crippen molar-refractivity contribution in [2.45, 2.75) is 12.5 Å². The summed E-state index contributed by atoms with van der Waals surface area (Å²) in [4.78, 5) is 0. The first-order chi connectivity index (χ1) is 6.86. The fourth-order valence-electron chi connectivity index (χ4n) is 1.43. The number of rotatable bonds is 3. The standard InChI is InChI=1S/C12H12OS/c13-12(8-10-6-7-14-9-10)11-4-2-1-3-5-11/h1-7,9,12-13H,8H2. The molecule has 1 N–H and O–H groups in total. The summed E-state index contributed by atoms with van der Waals surface area (Å²) in [7, 11) is 0. The second kappa shape index (κ2) is 4.40. The Labute approximate surface area is 87.7 Å². The molecule has 72 valence electrons. The first-order valence-electron chi connectivity index (χ1n) is 4.60. The van der Waals surface area contributed by atoms with Crippen LogP contribution in [-0.2, 0) is 6.42 Å². The minimum atomic E-state index is -0.384. The average Bonchev–Trinajstić information content (AvgIpc) is 2.72. The van der Waals surface area contributed by atoms with Crippen LogP contribution in [0.1, 0.15) is 17.2 Å². The zero-order valence-corrected chi connectivity index (χ0v) is 8.58. The third-order valence-corrected chi connectivity index (χ3v) is 2.93. The lowest BCUT2D eigenvalue weighted by Gasteiger charge is -2.09. The van der Waals surface area contributed by atoms with Crippen LogP contribution >= 0.6 is 11.3 Å². The molecule has 1 aromatic carbocycles. The van der Waals surface area contributed by atoms with Crippen LogP contribution in [0, 0.1) is 0 Å². The molecule has 0 saturated carbocycles. The molecule has 0 aliphatic carbocycles. The molecular formula is C12H12OS. The van der Waals surface area contributed by atoms with E-state index in [9.17, 15) is 5.11 Å². The van der Waals surface area contributed by atoms with Crippen LogP contribution in [0.2, 0.25) is 0 Å². The maximum atomic E-state index is 9.90. The maximum absolute atomic E-state index is 9.90. The third kappa shape index (κ3) is 2.22. The Hall–Kier alpha value is -1.12. The van der Waals surface area contributed by atoms with E-state index in [1.54, 1.807) is 11.3 Å². The summed E-state index contributed by atoms with van der Waals surface area (Å²) < 4.78 is 0. The van der Waals surface area contributed by atoms with Crippen molar-refractivity contribution in [2.24, 2.45) is 0 Å². The fraction of sp³-hybridized carbons (Fsp3) is 0.167. The smallest absolute Gasteiger partial charge is 0.0830 e. The zero-order valence-electron chi connectivity index (χ0n) is 7.76. The molecule has 0 fully saturated rings. The van der Waals surface area contributed by atoms with Gasteiger partial charge in [0.1, 0.15) is 0 Å². The molecule has 0 saturated heterocycles. The van der Waals surface area contributed by atoms with E-state index in [1.165, 1.54) is 5.56 Å². The minimum Gasteiger partial charge on any atom is -0.388 e. The maximum Gasteiger partial charge on any atom is 0.0830 e. The van der Waals surface area contributed by atoms with Crippen molar-refractivity contribution < 1.29 is 5.11 Å². The molecule has 0 amide bonds. The van der Waals surface area contributed by atoms with Crippen LogP contribution in [0.3, 0.4) is 0 Å². The normalized spacial score (nSPS) is 12.6. The summed E-state index contributed by atoms with van der Waals surface area (Å²) in [6.45, 7) is 0. The van der Waals surface area contributed by atoms with Gasteiger partial charge >= 0.3 is 0 Å². The van der Waals surface area contributed by atoms with E-state index in [-0.39, 0.29) is 6.10 Å². The second-order valence-electron chi connectivity index (χ2n) is 3.26. The highest BCUT2D eigenvalue weighted by molar-refractivity contribution is 7.07. The molecule has 0 spiro atoms. The molecule has 14 heavy (non-hydrogen) atoms. The summed E-state index contributed by atoms with van der Waals surface area (Å²) in [6.07, 6.45) is 0.318.